The molecule has 0 heterocycles. The molecule has 0 amide bonds. The van der Waals surface area contributed by atoms with Gasteiger partial charge in [0.1, 0.15) is 5.69 Å². The van der Waals surface area contributed by atoms with Crippen LogP contribution in [0, 0.1) is 18.8 Å². The second-order valence-electron chi connectivity index (χ2n) is 7.19. The van der Waals surface area contributed by atoms with Gasteiger partial charge >= 0.3 is 0 Å². The van der Waals surface area contributed by atoms with Crippen molar-refractivity contribution in [2.45, 2.75) is 46.1 Å². The first-order chi connectivity index (χ1) is 10.9. The van der Waals surface area contributed by atoms with Crippen LogP contribution in [-0.4, -0.2) is 13.1 Å². The van der Waals surface area contributed by atoms with E-state index in [1.807, 2.05) is 38.2 Å². The van der Waals surface area contributed by atoms with E-state index in [1.54, 1.807) is 0 Å². The first-order valence-electron chi connectivity index (χ1n) is 8.55. The van der Waals surface area contributed by atoms with Crippen molar-refractivity contribution in [3.8, 4) is 11.1 Å². The predicted octanol–water partition coefficient (Wildman–Crippen LogP) is 3.52. The number of hydrogen-bond donors (Lipinski definition) is 0. The van der Waals surface area contributed by atoms with Crippen molar-refractivity contribution in [3.05, 3.63) is 50.3 Å². The third kappa shape index (κ3) is 2.62. The Kier molecular flexibility index (Phi) is 4.13. The summed E-state index contributed by atoms with van der Waals surface area (Å²) >= 11 is 0. The van der Waals surface area contributed by atoms with E-state index >= 15 is 0 Å². The summed E-state index contributed by atoms with van der Waals surface area (Å²) in [5.74, 6) is 1.19. The predicted molar refractivity (Wildman–Crippen MR) is 95.9 cm³/mol. The van der Waals surface area contributed by atoms with Crippen LogP contribution in [0.15, 0.2) is 33.9 Å². The van der Waals surface area contributed by atoms with Gasteiger partial charge in [-0.15, -0.1) is 0 Å². The van der Waals surface area contributed by atoms with Gasteiger partial charge in [-0.25, -0.2) is 0 Å². The van der Waals surface area contributed by atoms with Crippen LogP contribution in [0.4, 0.5) is 5.69 Å². The molecule has 0 aromatic heterocycles. The monoisotopic (exact) mass is 311 g/mol. The molecular weight excluding hydrogens is 286 g/mol. The average Bonchev–Trinajstić information content (AvgIpc) is 2.55. The molecule has 0 unspecified atom stereocenters. The lowest BCUT2D eigenvalue weighted by Crippen LogP contribution is -2.48. The molecule has 3 atom stereocenters. The molecule has 1 aliphatic carbocycles. The largest absolute Gasteiger partial charge is 0.367 e. The Morgan fingerprint density at radius 1 is 1.00 bits per heavy atom. The summed E-state index contributed by atoms with van der Waals surface area (Å²) in [5, 5.41) is 0. The molecule has 3 heteroatoms. The maximum absolute atomic E-state index is 12.2. The second kappa shape index (κ2) is 5.95. The van der Waals surface area contributed by atoms with Crippen molar-refractivity contribution in [1.29, 1.82) is 0 Å². The van der Waals surface area contributed by atoms with Crippen LogP contribution >= 0.6 is 0 Å². The van der Waals surface area contributed by atoms with Crippen LogP contribution in [0.25, 0.3) is 11.1 Å². The number of anilines is 1. The fourth-order valence-corrected chi connectivity index (χ4v) is 3.97. The highest BCUT2D eigenvalue weighted by atomic mass is 16.2. The maximum Gasteiger partial charge on any atom is 0.250 e. The van der Waals surface area contributed by atoms with Crippen molar-refractivity contribution in [2.24, 2.45) is 11.8 Å². The van der Waals surface area contributed by atoms with Crippen LogP contribution < -0.4 is 15.8 Å². The highest BCUT2D eigenvalue weighted by molar-refractivity contribution is 5.82. The molecule has 1 aliphatic rings. The van der Waals surface area contributed by atoms with Gasteiger partial charge in [-0.1, -0.05) is 56.5 Å². The molecule has 1 saturated carbocycles. The highest BCUT2D eigenvalue weighted by Gasteiger charge is 2.34. The molecule has 1 fully saturated rings. The summed E-state index contributed by atoms with van der Waals surface area (Å²) in [4.78, 5) is 26.5. The molecule has 122 valence electrons. The lowest BCUT2D eigenvalue weighted by Gasteiger charge is -2.41. The Morgan fingerprint density at radius 3 is 2.30 bits per heavy atom. The molecule has 2 aromatic rings. The Morgan fingerprint density at radius 2 is 1.65 bits per heavy atom. The van der Waals surface area contributed by atoms with E-state index in [4.69, 9.17) is 0 Å². The van der Waals surface area contributed by atoms with E-state index in [-0.39, 0.29) is 10.9 Å². The lowest BCUT2D eigenvalue weighted by atomic mass is 9.77. The molecule has 0 bridgehead atoms. The molecular formula is C20H25NO2. The summed E-state index contributed by atoms with van der Waals surface area (Å²) in [7, 11) is 1.98. The van der Waals surface area contributed by atoms with E-state index in [0.29, 0.717) is 29.1 Å². The molecule has 0 aliphatic heterocycles. The lowest BCUT2D eigenvalue weighted by molar-refractivity contribution is 0.234. The SMILES string of the molecule is Cc1ccc(-c2c(N(C)[C@@H]3CCC[C@@H](C)[C@@H]3C)c(=O)c2=O)cc1. The summed E-state index contributed by atoms with van der Waals surface area (Å²) in [6.07, 6.45) is 3.53. The normalized spacial score (nSPS) is 24.8. The van der Waals surface area contributed by atoms with Gasteiger partial charge in [0.25, 0.3) is 0 Å². The zero-order valence-electron chi connectivity index (χ0n) is 14.4. The quantitative estimate of drug-likeness (QED) is 0.814. The van der Waals surface area contributed by atoms with Crippen LogP contribution in [0.1, 0.15) is 38.7 Å². The summed E-state index contributed by atoms with van der Waals surface area (Å²) in [6, 6.07) is 8.19. The smallest absolute Gasteiger partial charge is 0.250 e. The van der Waals surface area contributed by atoms with Gasteiger partial charge in [-0.05, 0) is 30.7 Å². The summed E-state index contributed by atoms with van der Waals surface area (Å²) in [5.41, 5.74) is 2.56. The van der Waals surface area contributed by atoms with E-state index in [0.717, 1.165) is 17.5 Å². The molecule has 0 saturated heterocycles. The molecule has 23 heavy (non-hydrogen) atoms. The Bertz CT molecular complexity index is 768. The van der Waals surface area contributed by atoms with Gasteiger partial charge in [-0.3, -0.25) is 9.59 Å². The third-order valence-electron chi connectivity index (χ3n) is 5.74. The molecule has 0 N–H and O–H groups in total. The minimum absolute atomic E-state index is 0.325. The van der Waals surface area contributed by atoms with E-state index in [1.165, 1.54) is 12.8 Å². The Hall–Kier alpha value is -1.90. The first kappa shape index (κ1) is 16.0. The minimum atomic E-state index is -0.341. The van der Waals surface area contributed by atoms with Gasteiger partial charge < -0.3 is 4.90 Å². The fourth-order valence-electron chi connectivity index (χ4n) is 3.97. The molecule has 3 nitrogen and oxygen atoms in total. The van der Waals surface area contributed by atoms with Crippen LogP contribution in [0.2, 0.25) is 0 Å². The van der Waals surface area contributed by atoms with Crippen LogP contribution in [0.5, 0.6) is 0 Å². The Balaban J connectivity index is 1.97. The van der Waals surface area contributed by atoms with Crippen molar-refractivity contribution in [3.63, 3.8) is 0 Å². The van der Waals surface area contributed by atoms with Gasteiger partial charge in [0.05, 0.1) is 5.56 Å². The fraction of sp³-hybridized carbons (Fsp3) is 0.500. The van der Waals surface area contributed by atoms with Gasteiger partial charge in [0.15, 0.2) is 0 Å². The maximum atomic E-state index is 12.2. The standard InChI is InChI=1S/C20H25NO2/c1-12-8-10-15(11-9-12)17-18(20(23)19(17)22)21(4)16-7-5-6-13(2)14(16)3/h8-11,13-14,16H,5-7H2,1-4H3/t13-,14+,16-/m1/s1. The van der Waals surface area contributed by atoms with Gasteiger partial charge in [0.2, 0.25) is 10.9 Å². The molecule has 0 spiro atoms. The van der Waals surface area contributed by atoms with E-state index in [2.05, 4.69) is 18.7 Å². The second-order valence-corrected chi connectivity index (χ2v) is 7.19. The third-order valence-corrected chi connectivity index (χ3v) is 5.74. The van der Waals surface area contributed by atoms with Crippen molar-refractivity contribution < 1.29 is 0 Å². The van der Waals surface area contributed by atoms with Crippen molar-refractivity contribution >= 4 is 5.69 Å². The van der Waals surface area contributed by atoms with Crippen molar-refractivity contribution in [2.75, 3.05) is 11.9 Å². The number of nitrogens with zero attached hydrogens (tertiary/aromatic N) is 1. The minimum Gasteiger partial charge on any atom is -0.367 e. The van der Waals surface area contributed by atoms with Crippen molar-refractivity contribution in [1.82, 2.24) is 0 Å². The van der Waals surface area contributed by atoms with E-state index < -0.39 is 0 Å². The number of benzene rings is 1. The first-order valence-corrected chi connectivity index (χ1v) is 8.55. The van der Waals surface area contributed by atoms with Crippen LogP contribution in [-0.2, 0) is 0 Å². The van der Waals surface area contributed by atoms with Gasteiger partial charge in [-0.2, -0.15) is 0 Å². The summed E-state index contributed by atoms with van der Waals surface area (Å²) < 4.78 is 0. The average molecular weight is 311 g/mol. The number of rotatable bonds is 3. The van der Waals surface area contributed by atoms with Gasteiger partial charge in [0, 0.05) is 13.1 Å². The molecule has 0 radical (unpaired) electrons. The highest BCUT2D eigenvalue weighted by Crippen LogP contribution is 2.36. The number of aryl methyl sites for hydroxylation is 1. The van der Waals surface area contributed by atoms with Crippen LogP contribution in [0.3, 0.4) is 0 Å². The number of hydrogen-bond acceptors (Lipinski definition) is 3. The Labute approximate surface area is 137 Å². The zero-order chi connectivity index (χ0) is 16.7. The topological polar surface area (TPSA) is 37.4 Å². The zero-order valence-corrected chi connectivity index (χ0v) is 14.4. The molecule has 3 rings (SSSR count). The summed E-state index contributed by atoms with van der Waals surface area (Å²) in [6.45, 7) is 6.57. The van der Waals surface area contributed by atoms with E-state index in [9.17, 15) is 9.59 Å². The molecule has 2 aromatic carbocycles.